The lowest BCUT2D eigenvalue weighted by Crippen LogP contribution is -2.34. The zero-order valence-corrected chi connectivity index (χ0v) is 37.9. The average molecular weight is 898 g/mol. The number of carboxylic acid groups (broad SMARTS) is 1. The number of phosphoric acid groups is 1. The van der Waals surface area contributed by atoms with E-state index in [0.29, 0.717) is 25.7 Å². The summed E-state index contributed by atoms with van der Waals surface area (Å²) in [5.41, 5.74) is 5.32. The summed E-state index contributed by atoms with van der Waals surface area (Å²) >= 11 is 0. The number of aliphatic carboxylic acids is 1. The van der Waals surface area contributed by atoms with E-state index < -0.39 is 87.8 Å². The van der Waals surface area contributed by atoms with E-state index in [4.69, 9.17) is 24.8 Å². The molecule has 1 unspecified atom stereocenters. The van der Waals surface area contributed by atoms with Crippen LogP contribution >= 0.6 is 7.82 Å². The maximum absolute atomic E-state index is 12.9. The Labute approximate surface area is 369 Å². The van der Waals surface area contributed by atoms with Crippen LogP contribution in [0.25, 0.3) is 0 Å². The average Bonchev–Trinajstić information content (AvgIpc) is 3.49. The molecule has 0 spiro atoms. The minimum Gasteiger partial charge on any atom is -0.480 e. The molecule has 0 aromatic heterocycles. The van der Waals surface area contributed by atoms with E-state index in [2.05, 4.69) is 54.8 Å². The molecule has 0 bridgehead atoms. The fourth-order valence-corrected chi connectivity index (χ4v) is 7.36. The van der Waals surface area contributed by atoms with E-state index in [0.717, 1.165) is 44.9 Å². The predicted molar refractivity (Wildman–Crippen MR) is 238 cm³/mol. The Morgan fingerprint density at radius 2 is 1.29 bits per heavy atom. The molecule has 0 heterocycles. The monoisotopic (exact) mass is 898 g/mol. The number of hydrogen-bond acceptors (Lipinski definition) is 13. The van der Waals surface area contributed by atoms with Crippen molar-refractivity contribution < 1.29 is 67.6 Å². The van der Waals surface area contributed by atoms with Gasteiger partial charge in [-0.25, -0.2) is 4.57 Å². The smallest absolute Gasteiger partial charge is 0.472 e. The fraction of sp³-hybridized carbons (Fsp3) is 0.696. The van der Waals surface area contributed by atoms with E-state index >= 15 is 0 Å². The molecule has 62 heavy (non-hydrogen) atoms. The van der Waals surface area contributed by atoms with Crippen molar-refractivity contribution in [3.63, 3.8) is 0 Å². The van der Waals surface area contributed by atoms with Crippen LogP contribution in [0.2, 0.25) is 0 Å². The summed E-state index contributed by atoms with van der Waals surface area (Å²) in [5, 5.41) is 40.2. The second-order valence-electron chi connectivity index (χ2n) is 15.8. The summed E-state index contributed by atoms with van der Waals surface area (Å²) in [6.07, 6.45) is 29.3. The highest BCUT2D eigenvalue weighted by Crippen LogP contribution is 2.43. The molecule has 1 aliphatic rings. The topological polar surface area (TPSA) is 249 Å². The number of carboxylic acids is 1. The standard InChI is InChI=1S/C46H76NO14P/c1-3-5-7-8-9-10-11-12-13-14-15-16-17-18-19-20-22-27-44(52)58-33-38(34-59-62(56,57)60-35-41(47)46(54)55)61-45(53)28-24-23-26-37(49)31-40-39(42(50)32-43(40)51)30-29-36(48)25-21-6-4-2/h9-10,12-13,15-16,18-19,29-30,36,38-43,48,50-51H,3-8,11,14,17,20-28,31-35,47H2,1-2H3,(H,54,55)(H,56,57)/b10-9-,13-12-,16-15-,19-18-,30-29+/t36-,38+,39+,40+,41-,42+,43-/m0/s1. The molecule has 0 amide bonds. The van der Waals surface area contributed by atoms with Crippen molar-refractivity contribution in [1.82, 2.24) is 0 Å². The second-order valence-corrected chi connectivity index (χ2v) is 17.2. The minimum atomic E-state index is -4.84. The predicted octanol–water partition coefficient (Wildman–Crippen LogP) is 7.51. The highest BCUT2D eigenvalue weighted by Gasteiger charge is 2.41. The largest absolute Gasteiger partial charge is 0.480 e. The Hall–Kier alpha value is -3.27. The van der Waals surface area contributed by atoms with E-state index in [9.17, 15) is 44.0 Å². The van der Waals surface area contributed by atoms with Gasteiger partial charge in [-0.05, 0) is 64.2 Å². The molecule has 1 aliphatic carbocycles. The van der Waals surface area contributed by atoms with Crippen molar-refractivity contribution in [2.24, 2.45) is 17.6 Å². The van der Waals surface area contributed by atoms with Crippen molar-refractivity contribution >= 4 is 31.5 Å². The van der Waals surface area contributed by atoms with Gasteiger partial charge in [0, 0.05) is 43.9 Å². The van der Waals surface area contributed by atoms with Crippen molar-refractivity contribution in [2.75, 3.05) is 19.8 Å². The van der Waals surface area contributed by atoms with Crippen LogP contribution in [0.4, 0.5) is 0 Å². The highest BCUT2D eigenvalue weighted by molar-refractivity contribution is 7.47. The lowest BCUT2D eigenvalue weighted by Gasteiger charge is -2.21. The van der Waals surface area contributed by atoms with Gasteiger partial charge in [-0.2, -0.15) is 0 Å². The van der Waals surface area contributed by atoms with E-state index in [1.807, 2.05) is 12.2 Å². The number of carbonyl (C=O) groups excluding carboxylic acids is 3. The number of allylic oxidation sites excluding steroid dienone is 8. The van der Waals surface area contributed by atoms with Gasteiger partial charge in [-0.3, -0.25) is 28.2 Å². The number of phosphoric ester groups is 1. The number of ketones is 1. The molecule has 1 saturated carbocycles. The molecule has 0 aromatic rings. The Kier molecular flexibility index (Phi) is 32.1. The Morgan fingerprint density at radius 1 is 0.726 bits per heavy atom. The Bertz CT molecular complexity index is 1460. The molecule has 1 fully saturated rings. The summed E-state index contributed by atoms with van der Waals surface area (Å²) < 4.78 is 32.5. The number of aliphatic hydroxyl groups is 3. The first-order chi connectivity index (χ1) is 29.7. The zero-order chi connectivity index (χ0) is 46.0. The molecule has 0 saturated heterocycles. The van der Waals surface area contributed by atoms with Gasteiger partial charge >= 0.3 is 25.7 Å². The van der Waals surface area contributed by atoms with Crippen LogP contribution in [-0.2, 0) is 42.3 Å². The number of unbranched alkanes of at least 4 members (excludes halogenated alkanes) is 7. The zero-order valence-electron chi connectivity index (χ0n) is 37.0. The Balaban J connectivity index is 2.57. The second kappa shape index (κ2) is 35.1. The lowest BCUT2D eigenvalue weighted by molar-refractivity contribution is -0.161. The summed E-state index contributed by atoms with van der Waals surface area (Å²) in [6.45, 7) is 2.21. The molecular formula is C46H76NO14P. The highest BCUT2D eigenvalue weighted by atomic mass is 31.2. The van der Waals surface area contributed by atoms with Gasteiger partial charge in [0.1, 0.15) is 18.4 Å². The third-order valence-electron chi connectivity index (χ3n) is 10.2. The lowest BCUT2D eigenvalue weighted by atomic mass is 9.87. The summed E-state index contributed by atoms with van der Waals surface area (Å²) in [5.74, 6) is -3.93. The Morgan fingerprint density at radius 3 is 1.92 bits per heavy atom. The molecule has 1 rings (SSSR count). The van der Waals surface area contributed by atoms with Crippen LogP contribution in [0.3, 0.4) is 0 Å². The number of ether oxygens (including phenoxy) is 2. The summed E-state index contributed by atoms with van der Waals surface area (Å²) in [6, 6.07) is -1.59. The number of aliphatic hydroxyl groups excluding tert-OH is 3. The molecule has 0 aliphatic heterocycles. The minimum absolute atomic E-state index is 0.0264. The molecule has 354 valence electrons. The van der Waals surface area contributed by atoms with Crippen LogP contribution in [0.15, 0.2) is 60.8 Å². The molecule has 8 atom stereocenters. The number of Topliss-reactive ketones (excluding diaryl/α,β-unsaturated/α-hetero) is 1. The van der Waals surface area contributed by atoms with E-state index in [-0.39, 0.29) is 44.3 Å². The summed E-state index contributed by atoms with van der Waals surface area (Å²) in [4.78, 5) is 59.1. The van der Waals surface area contributed by atoms with Crippen molar-refractivity contribution in [1.29, 1.82) is 0 Å². The van der Waals surface area contributed by atoms with Crippen LogP contribution in [-0.4, -0.2) is 99.3 Å². The first-order valence-corrected chi connectivity index (χ1v) is 24.0. The van der Waals surface area contributed by atoms with Crippen LogP contribution in [0.5, 0.6) is 0 Å². The summed E-state index contributed by atoms with van der Waals surface area (Å²) in [7, 11) is -4.84. The van der Waals surface area contributed by atoms with Gasteiger partial charge < -0.3 is 40.5 Å². The molecule has 0 aromatic carbocycles. The maximum atomic E-state index is 12.9. The van der Waals surface area contributed by atoms with Gasteiger partial charge in [0.2, 0.25) is 0 Å². The molecule has 7 N–H and O–H groups in total. The van der Waals surface area contributed by atoms with E-state index in [1.165, 1.54) is 19.3 Å². The molecule has 16 heteroatoms. The van der Waals surface area contributed by atoms with Gasteiger partial charge in [0.15, 0.2) is 6.10 Å². The fourth-order valence-electron chi connectivity index (χ4n) is 6.58. The molecule has 0 radical (unpaired) electrons. The third-order valence-corrected chi connectivity index (χ3v) is 11.2. The number of hydrogen-bond donors (Lipinski definition) is 6. The van der Waals surface area contributed by atoms with Crippen LogP contribution < -0.4 is 5.73 Å². The molecule has 15 nitrogen and oxygen atoms in total. The van der Waals surface area contributed by atoms with E-state index in [1.54, 1.807) is 12.2 Å². The third kappa shape index (κ3) is 29.2. The quantitative estimate of drug-likeness (QED) is 0.0153. The number of nitrogens with two attached hydrogens (primary N) is 1. The van der Waals surface area contributed by atoms with Crippen molar-refractivity contribution in [3.8, 4) is 0 Å². The first kappa shape index (κ1) is 56.7. The van der Waals surface area contributed by atoms with Crippen molar-refractivity contribution in [3.05, 3.63) is 60.8 Å². The molecular weight excluding hydrogens is 821 g/mol. The first-order valence-electron chi connectivity index (χ1n) is 22.5. The number of esters is 2. The van der Waals surface area contributed by atoms with Crippen LogP contribution in [0.1, 0.15) is 142 Å². The van der Waals surface area contributed by atoms with Gasteiger partial charge in [-0.1, -0.05) is 107 Å². The number of carbonyl (C=O) groups is 4. The van der Waals surface area contributed by atoms with Crippen LogP contribution in [0, 0.1) is 11.8 Å². The van der Waals surface area contributed by atoms with Gasteiger partial charge in [-0.15, -0.1) is 0 Å². The maximum Gasteiger partial charge on any atom is 0.472 e. The normalized spacial score (nSPS) is 20.7. The van der Waals surface area contributed by atoms with Crippen molar-refractivity contribution in [2.45, 2.75) is 173 Å². The van der Waals surface area contributed by atoms with Gasteiger partial charge in [0.25, 0.3) is 0 Å². The SMILES string of the molecule is CCCCC/C=C\C/C=C\C/C=C\C/C=C\CCCC(=O)OC[C@H](COP(=O)(O)OC[C@H](N)C(=O)O)OC(=O)CCCCC(=O)C[C@@H]1[C@@H](/C=C/[C@@H](O)CCCCC)[C@H](O)C[C@@H]1O. The number of rotatable bonds is 37. The van der Waals surface area contributed by atoms with Gasteiger partial charge in [0.05, 0.1) is 31.5 Å².